The van der Waals surface area contributed by atoms with Crippen molar-refractivity contribution in [2.75, 3.05) is 0 Å². The monoisotopic (exact) mass is 518 g/mol. The summed E-state index contributed by atoms with van der Waals surface area (Å²) < 4.78 is 71.8. The summed E-state index contributed by atoms with van der Waals surface area (Å²) in [6.45, 7) is 12.0. The molecule has 2 nitrogen and oxygen atoms in total. The minimum Gasteiger partial charge on any atom is -0.252 e. The fraction of sp³-hybridized carbons (Fsp3) is 0.308. The number of hydrogen-bond acceptors (Lipinski definition) is 3. The molecule has 4 aromatic rings. The van der Waals surface area contributed by atoms with Gasteiger partial charge in [0.15, 0.2) is 0 Å². The summed E-state index contributed by atoms with van der Waals surface area (Å²) in [5.74, 6) is 0. The van der Waals surface area contributed by atoms with Crippen LogP contribution < -0.4 is 0 Å². The van der Waals surface area contributed by atoms with Crippen LogP contribution in [-0.4, -0.2) is 9.97 Å². The summed E-state index contributed by atoms with van der Waals surface area (Å²) in [7, 11) is 0. The van der Waals surface area contributed by atoms with Crippen LogP contribution >= 0.6 is 11.3 Å². The predicted molar refractivity (Wildman–Crippen MR) is 134 cm³/mol. The van der Waals surface area contributed by atoms with Crippen LogP contribution in [0, 0.1) is 0 Å². The second-order valence-electron chi connectivity index (χ2n) is 5.40. The lowest BCUT2D eigenvalue weighted by molar-refractivity contribution is -0.141. The molecule has 0 bridgehead atoms. The van der Waals surface area contributed by atoms with Gasteiger partial charge in [-0.25, -0.2) is 4.98 Å². The van der Waals surface area contributed by atoms with Crippen molar-refractivity contribution in [2.24, 2.45) is 0 Å². The van der Waals surface area contributed by atoms with E-state index in [4.69, 9.17) is 0 Å². The second-order valence-corrected chi connectivity index (χ2v) is 6.28. The van der Waals surface area contributed by atoms with Crippen LogP contribution in [0.5, 0.6) is 0 Å². The van der Waals surface area contributed by atoms with E-state index in [9.17, 15) is 26.3 Å². The third-order valence-electron chi connectivity index (χ3n) is 3.29. The molecule has 0 radical (unpaired) electrons. The average molecular weight is 519 g/mol. The molecular weight excluding hydrogens is 486 g/mol. The standard InChI is InChI=1S/C7H5F3.C7H5NS.C6H4F3N.3C2H6/c8-7(9,10)6-4-2-1-3-5-6;1-2-4-7-6(3-1)8-5-9-7;7-6(8,9)5-3-1-2-4-10-5;3*1-2/h1-5H;1-5H;1-4H;3*1-2H3. The smallest absolute Gasteiger partial charge is 0.252 e. The van der Waals surface area contributed by atoms with E-state index >= 15 is 0 Å². The van der Waals surface area contributed by atoms with Crippen molar-refractivity contribution >= 4 is 21.6 Å². The van der Waals surface area contributed by atoms with Crippen molar-refractivity contribution in [1.29, 1.82) is 0 Å². The van der Waals surface area contributed by atoms with Gasteiger partial charge in [-0.1, -0.05) is 90.1 Å². The minimum absolute atomic E-state index is 0.602. The molecule has 0 fully saturated rings. The zero-order valence-corrected chi connectivity index (χ0v) is 21.5. The van der Waals surface area contributed by atoms with Gasteiger partial charge in [0.2, 0.25) is 0 Å². The Labute approximate surface area is 207 Å². The van der Waals surface area contributed by atoms with Gasteiger partial charge >= 0.3 is 12.4 Å². The maximum atomic E-state index is 11.8. The van der Waals surface area contributed by atoms with Crippen LogP contribution in [0.4, 0.5) is 26.3 Å². The Bertz CT molecular complexity index is 906. The Kier molecular flexibility index (Phi) is 18.9. The number of fused-ring (bicyclic) bond motifs is 1. The van der Waals surface area contributed by atoms with Crippen molar-refractivity contribution < 1.29 is 26.3 Å². The molecule has 0 spiro atoms. The van der Waals surface area contributed by atoms with Gasteiger partial charge in [0, 0.05) is 6.20 Å². The van der Waals surface area contributed by atoms with Crippen molar-refractivity contribution in [3.05, 3.63) is 95.8 Å². The first-order chi connectivity index (χ1) is 16.7. The summed E-state index contributed by atoms with van der Waals surface area (Å²) in [5, 5.41) is 0. The topological polar surface area (TPSA) is 25.8 Å². The number of pyridine rings is 1. The Morgan fingerprint density at radius 3 is 1.49 bits per heavy atom. The highest BCUT2D eigenvalue weighted by Gasteiger charge is 2.31. The lowest BCUT2D eigenvalue weighted by atomic mass is 10.2. The third kappa shape index (κ3) is 14.8. The summed E-state index contributed by atoms with van der Waals surface area (Å²) in [6.07, 6.45) is -7.41. The number of alkyl halides is 6. The van der Waals surface area contributed by atoms with E-state index in [1.165, 1.54) is 29.0 Å². The molecule has 0 saturated carbocycles. The summed E-state index contributed by atoms with van der Waals surface area (Å²) in [6, 6.07) is 18.2. The van der Waals surface area contributed by atoms with Gasteiger partial charge in [0.05, 0.1) is 21.3 Å². The molecule has 9 heteroatoms. The average Bonchev–Trinajstić information content (AvgIpc) is 3.38. The molecule has 0 unspecified atom stereocenters. The van der Waals surface area contributed by atoms with Gasteiger partial charge in [-0.3, -0.25) is 4.98 Å². The SMILES string of the molecule is CC.CC.CC.FC(F)(F)c1ccccc1.FC(F)(F)c1ccccn1.c1ccc2scnc2c1. The summed E-state index contributed by atoms with van der Waals surface area (Å²) in [4.78, 5) is 7.26. The molecular formula is C26H32F6N2S. The summed E-state index contributed by atoms with van der Waals surface area (Å²) >= 11 is 1.68. The predicted octanol–water partition coefficient (Wildman–Crippen LogP) is 10.2. The van der Waals surface area contributed by atoms with E-state index in [0.29, 0.717) is 0 Å². The largest absolute Gasteiger partial charge is 0.433 e. The molecule has 194 valence electrons. The van der Waals surface area contributed by atoms with E-state index in [1.54, 1.807) is 17.4 Å². The van der Waals surface area contributed by atoms with Crippen molar-refractivity contribution in [3.8, 4) is 0 Å². The number of para-hydroxylation sites is 1. The minimum atomic E-state index is -4.32. The molecule has 35 heavy (non-hydrogen) atoms. The quantitative estimate of drug-likeness (QED) is 0.216. The molecule has 0 amide bonds. The van der Waals surface area contributed by atoms with E-state index in [1.807, 2.05) is 65.3 Å². The summed E-state index contributed by atoms with van der Waals surface area (Å²) in [5.41, 5.74) is 1.51. The van der Waals surface area contributed by atoms with Gasteiger partial charge in [-0.15, -0.1) is 11.3 Å². The molecule has 2 aromatic heterocycles. The molecule has 0 aliphatic rings. The highest BCUT2D eigenvalue weighted by molar-refractivity contribution is 7.16. The van der Waals surface area contributed by atoms with Crippen LogP contribution in [0.2, 0.25) is 0 Å². The molecule has 0 atom stereocenters. The molecule has 2 aromatic carbocycles. The lowest BCUT2D eigenvalue weighted by Gasteiger charge is -2.03. The van der Waals surface area contributed by atoms with Gasteiger partial charge in [-0.2, -0.15) is 26.3 Å². The fourth-order valence-corrected chi connectivity index (χ4v) is 2.64. The number of rotatable bonds is 0. The van der Waals surface area contributed by atoms with Crippen molar-refractivity contribution in [2.45, 2.75) is 53.9 Å². The van der Waals surface area contributed by atoms with Crippen LogP contribution in [0.25, 0.3) is 10.2 Å². The highest BCUT2D eigenvalue weighted by atomic mass is 32.1. The number of aromatic nitrogens is 2. The third-order valence-corrected chi connectivity index (χ3v) is 4.10. The maximum absolute atomic E-state index is 11.8. The molecule has 0 aliphatic carbocycles. The van der Waals surface area contributed by atoms with Crippen molar-refractivity contribution in [1.82, 2.24) is 9.97 Å². The first kappa shape index (κ1) is 34.2. The molecule has 0 aliphatic heterocycles. The van der Waals surface area contributed by atoms with E-state index in [0.717, 1.165) is 29.9 Å². The highest BCUT2D eigenvalue weighted by Crippen LogP contribution is 2.28. The molecule has 2 heterocycles. The zero-order chi connectivity index (χ0) is 27.3. The van der Waals surface area contributed by atoms with E-state index in [2.05, 4.69) is 16.0 Å². The number of hydrogen-bond donors (Lipinski definition) is 0. The molecule has 0 saturated heterocycles. The van der Waals surface area contributed by atoms with Crippen molar-refractivity contribution in [3.63, 3.8) is 0 Å². The van der Waals surface area contributed by atoms with Crippen LogP contribution in [0.15, 0.2) is 84.5 Å². The second kappa shape index (κ2) is 19.4. The number of nitrogens with zero attached hydrogens (tertiary/aromatic N) is 2. The van der Waals surface area contributed by atoms with E-state index in [-0.39, 0.29) is 0 Å². The normalized spacial score (nSPS) is 9.71. The first-order valence-corrected chi connectivity index (χ1v) is 11.9. The molecule has 0 N–H and O–H groups in total. The Morgan fingerprint density at radius 1 is 0.571 bits per heavy atom. The van der Waals surface area contributed by atoms with Gasteiger partial charge in [0.1, 0.15) is 5.69 Å². The zero-order valence-electron chi connectivity index (χ0n) is 20.7. The van der Waals surface area contributed by atoms with Gasteiger partial charge in [-0.05, 0) is 24.3 Å². The Hall–Kier alpha value is -2.94. The van der Waals surface area contributed by atoms with E-state index < -0.39 is 23.6 Å². The van der Waals surface area contributed by atoms with Crippen LogP contribution in [-0.2, 0) is 12.4 Å². The number of benzene rings is 2. The first-order valence-electron chi connectivity index (χ1n) is 11.1. The maximum Gasteiger partial charge on any atom is 0.433 e. The number of thiazole rings is 1. The molecule has 4 rings (SSSR count). The number of halogens is 6. The van der Waals surface area contributed by atoms with Gasteiger partial charge in [0.25, 0.3) is 0 Å². The van der Waals surface area contributed by atoms with Crippen LogP contribution in [0.3, 0.4) is 0 Å². The Balaban J connectivity index is 0. The van der Waals surface area contributed by atoms with Crippen LogP contribution in [0.1, 0.15) is 52.8 Å². The lowest BCUT2D eigenvalue weighted by Crippen LogP contribution is -2.06. The Morgan fingerprint density at radius 2 is 1.09 bits per heavy atom. The fourth-order valence-electron chi connectivity index (χ4n) is 1.96. The van der Waals surface area contributed by atoms with Gasteiger partial charge < -0.3 is 0 Å².